The molecule has 0 spiro atoms. The van der Waals surface area contributed by atoms with E-state index in [9.17, 15) is 28.8 Å². The third kappa shape index (κ3) is 16.0. The Bertz CT molecular complexity index is 1350. The van der Waals surface area contributed by atoms with Gasteiger partial charge in [0.2, 0.25) is 11.8 Å². The summed E-state index contributed by atoms with van der Waals surface area (Å²) in [6.07, 6.45) is 0. The van der Waals surface area contributed by atoms with Gasteiger partial charge in [0.1, 0.15) is 26.4 Å². The van der Waals surface area contributed by atoms with Crippen LogP contribution in [0.15, 0.2) is 48.5 Å². The molecule has 0 radical (unpaired) electrons. The van der Waals surface area contributed by atoms with Gasteiger partial charge in [0, 0.05) is 10.0 Å². The minimum absolute atomic E-state index is 0.0990. The number of aliphatic hydroxyl groups excluding tert-OH is 1. The van der Waals surface area contributed by atoms with Crippen LogP contribution in [0.4, 0.5) is 0 Å². The van der Waals surface area contributed by atoms with Crippen molar-refractivity contribution in [2.75, 3.05) is 66.1 Å². The highest BCUT2D eigenvalue weighted by molar-refractivity contribution is 7.48. The van der Waals surface area contributed by atoms with Gasteiger partial charge in [-0.2, -0.15) is 0 Å². The van der Waals surface area contributed by atoms with Crippen LogP contribution in [0.2, 0.25) is 10.0 Å². The Hall–Kier alpha value is -3.15. The number of esters is 2. The molecule has 270 valence electrons. The molecule has 0 saturated carbocycles. The quantitative estimate of drug-likeness (QED) is 0.235. The van der Waals surface area contributed by atoms with Crippen molar-refractivity contribution >= 4 is 54.8 Å². The number of nitrogens with one attached hydrogen (secondary N) is 2. The Kier molecular flexibility index (Phi) is 17.9. The molecule has 2 amide bonds. The van der Waals surface area contributed by atoms with Gasteiger partial charge in [-0.05, 0) is 35.4 Å². The molecule has 16 nitrogen and oxygen atoms in total. The van der Waals surface area contributed by atoms with Gasteiger partial charge in [-0.25, -0.2) is 14.2 Å². The highest BCUT2D eigenvalue weighted by Gasteiger charge is 2.32. The summed E-state index contributed by atoms with van der Waals surface area (Å²) < 4.78 is 56.3. The van der Waals surface area contributed by atoms with E-state index in [1.807, 2.05) is 0 Å². The predicted molar refractivity (Wildman–Crippen MR) is 171 cm³/mol. The van der Waals surface area contributed by atoms with E-state index in [4.69, 9.17) is 60.5 Å². The molecule has 3 N–H and O–H groups in total. The number of benzene rings is 2. The second kappa shape index (κ2) is 21.8. The number of phosphoric acid groups is 1. The lowest BCUT2D eigenvalue weighted by molar-refractivity contribution is -0.152. The van der Waals surface area contributed by atoms with Crippen LogP contribution in [0.1, 0.15) is 11.1 Å². The van der Waals surface area contributed by atoms with Crippen molar-refractivity contribution in [3.05, 3.63) is 69.7 Å². The number of rotatable bonds is 10. The first-order chi connectivity index (χ1) is 23.6. The molecule has 0 bridgehead atoms. The molecule has 1 heterocycles. The number of halogens is 2. The van der Waals surface area contributed by atoms with Crippen molar-refractivity contribution in [3.8, 4) is 0 Å². The van der Waals surface area contributed by atoms with Gasteiger partial charge in [0.25, 0.3) is 0 Å². The zero-order chi connectivity index (χ0) is 35.5. The summed E-state index contributed by atoms with van der Waals surface area (Å²) in [5.74, 6) is -3.30. The number of hydrogen-bond donors (Lipinski definition) is 3. The molecule has 2 atom stereocenters. The average molecular weight is 752 g/mol. The Labute approximate surface area is 292 Å². The third-order valence-electron chi connectivity index (χ3n) is 6.21. The van der Waals surface area contributed by atoms with Crippen LogP contribution < -0.4 is 10.6 Å². The molecule has 2 aromatic carbocycles. The zero-order valence-electron chi connectivity index (χ0n) is 26.2. The van der Waals surface area contributed by atoms with Crippen molar-refractivity contribution in [1.29, 1.82) is 0 Å². The van der Waals surface area contributed by atoms with Crippen LogP contribution in [0.3, 0.4) is 0 Å². The van der Waals surface area contributed by atoms with Gasteiger partial charge >= 0.3 is 19.8 Å². The number of carbonyl (C=O) groups excluding carboxylic acids is 4. The van der Waals surface area contributed by atoms with Crippen molar-refractivity contribution in [2.45, 2.75) is 25.3 Å². The minimum atomic E-state index is -4.39. The Balaban J connectivity index is 1.66. The SMILES string of the molecule is O=C1COCCOCC(=O)N[C@@H](COP(=O)(OCc2ccc(Cl)cc2)OCc2ccc(Cl)cc2)C(=O)OCCOCCOC(=O)[C@H](CO)N1. The van der Waals surface area contributed by atoms with Gasteiger partial charge in [0.15, 0.2) is 12.1 Å². The number of cyclic esters (lactones) is 2. The van der Waals surface area contributed by atoms with E-state index >= 15 is 0 Å². The lowest BCUT2D eigenvalue weighted by Gasteiger charge is -2.22. The molecule has 3 rings (SSSR count). The van der Waals surface area contributed by atoms with Gasteiger partial charge in [-0.15, -0.1) is 0 Å². The normalized spacial score (nSPS) is 19.9. The molecule has 0 aromatic heterocycles. The Morgan fingerprint density at radius 3 is 1.55 bits per heavy atom. The molecule has 0 unspecified atom stereocenters. The molecule has 1 aliphatic heterocycles. The molecule has 19 heteroatoms. The van der Waals surface area contributed by atoms with Gasteiger partial charge in [-0.3, -0.25) is 23.2 Å². The predicted octanol–water partition coefficient (Wildman–Crippen LogP) is 1.96. The van der Waals surface area contributed by atoms with E-state index in [1.165, 1.54) is 0 Å². The molecule has 1 fully saturated rings. The summed E-state index contributed by atoms with van der Waals surface area (Å²) in [6, 6.07) is 10.3. The highest BCUT2D eigenvalue weighted by Crippen LogP contribution is 2.51. The van der Waals surface area contributed by atoms with Crippen LogP contribution in [0.5, 0.6) is 0 Å². The Morgan fingerprint density at radius 1 is 0.653 bits per heavy atom. The first-order valence-corrected chi connectivity index (χ1v) is 17.1. The van der Waals surface area contributed by atoms with Crippen LogP contribution in [-0.4, -0.2) is 107 Å². The lowest BCUT2D eigenvalue weighted by Crippen LogP contribution is -2.46. The number of amides is 2. The maximum atomic E-state index is 13.8. The van der Waals surface area contributed by atoms with Crippen LogP contribution in [-0.2, 0) is 74.2 Å². The van der Waals surface area contributed by atoms with Crippen molar-refractivity contribution < 1.29 is 66.1 Å². The number of phosphoric ester groups is 1. The molecule has 49 heavy (non-hydrogen) atoms. The zero-order valence-corrected chi connectivity index (χ0v) is 28.6. The fraction of sp³-hybridized carbons (Fsp3) is 0.467. The molecular weight excluding hydrogens is 714 g/mol. The van der Waals surface area contributed by atoms with E-state index < -0.39 is 70.1 Å². The van der Waals surface area contributed by atoms with E-state index in [1.54, 1.807) is 48.5 Å². The average Bonchev–Trinajstić information content (AvgIpc) is 3.09. The molecule has 0 aliphatic carbocycles. The van der Waals surface area contributed by atoms with Gasteiger partial charge < -0.3 is 39.4 Å². The minimum Gasteiger partial charge on any atom is -0.462 e. The van der Waals surface area contributed by atoms with E-state index in [-0.39, 0.29) is 52.9 Å². The standard InChI is InChI=1S/C30H37Cl2N2O14P/c31-23-5-1-21(2-6-23)16-46-49(40,47-17-22-3-7-24(32)8-4-22)48-18-26-30(39)45-14-12-41-11-13-44-29(38)25(15-35)33-27(36)19-42-9-10-43-20-28(37)34-26/h1-8,25-26,35H,9-20H2,(H,33,36)(H,34,37)/t25-,26-/m0/s1. The smallest absolute Gasteiger partial charge is 0.462 e. The molecule has 1 saturated heterocycles. The molecular formula is C30H37Cl2N2O14P. The van der Waals surface area contributed by atoms with Crippen molar-refractivity contribution in [2.24, 2.45) is 0 Å². The van der Waals surface area contributed by atoms with Crippen molar-refractivity contribution in [1.82, 2.24) is 10.6 Å². The first kappa shape index (κ1) is 40.3. The lowest BCUT2D eigenvalue weighted by atomic mass is 10.2. The summed E-state index contributed by atoms with van der Waals surface area (Å²) in [5, 5.41) is 15.0. The fourth-order valence-corrected chi connectivity index (χ4v) is 5.14. The third-order valence-corrected chi connectivity index (χ3v) is 8.07. The monoisotopic (exact) mass is 750 g/mol. The highest BCUT2D eigenvalue weighted by atomic mass is 35.5. The second-order valence-electron chi connectivity index (χ2n) is 10.0. The molecule has 2 aromatic rings. The molecule has 1 aliphatic rings. The largest absolute Gasteiger partial charge is 0.475 e. The van der Waals surface area contributed by atoms with Gasteiger partial charge in [0.05, 0.1) is 52.9 Å². The summed E-state index contributed by atoms with van der Waals surface area (Å²) in [4.78, 5) is 49.8. The topological polar surface area (TPSA) is 203 Å². The summed E-state index contributed by atoms with van der Waals surface area (Å²) in [7, 11) is -4.39. The number of ether oxygens (including phenoxy) is 5. The van der Waals surface area contributed by atoms with E-state index in [0.717, 1.165) is 0 Å². The first-order valence-electron chi connectivity index (χ1n) is 14.9. The fourth-order valence-electron chi connectivity index (χ4n) is 3.72. The van der Waals surface area contributed by atoms with E-state index in [2.05, 4.69) is 10.6 Å². The number of aliphatic hydroxyl groups is 1. The maximum absolute atomic E-state index is 13.8. The summed E-state index contributed by atoms with van der Waals surface area (Å²) in [6.45, 7) is -3.76. The van der Waals surface area contributed by atoms with E-state index in [0.29, 0.717) is 21.2 Å². The summed E-state index contributed by atoms with van der Waals surface area (Å²) >= 11 is 11.9. The number of hydrogen-bond acceptors (Lipinski definition) is 14. The Morgan fingerprint density at radius 2 is 1.08 bits per heavy atom. The number of carbonyl (C=O) groups is 4. The second-order valence-corrected chi connectivity index (χ2v) is 12.6. The maximum Gasteiger partial charge on any atom is 0.475 e. The van der Waals surface area contributed by atoms with Crippen molar-refractivity contribution in [3.63, 3.8) is 0 Å². The van der Waals surface area contributed by atoms with Crippen LogP contribution >= 0.6 is 31.0 Å². The van der Waals surface area contributed by atoms with Crippen LogP contribution in [0.25, 0.3) is 0 Å². The van der Waals surface area contributed by atoms with Gasteiger partial charge in [-0.1, -0.05) is 47.5 Å². The van der Waals surface area contributed by atoms with Crippen LogP contribution in [0, 0.1) is 0 Å². The summed E-state index contributed by atoms with van der Waals surface area (Å²) in [5.41, 5.74) is 1.19.